The number of aromatic nitrogens is 1. The maximum Gasteiger partial charge on any atom is 0.489 e. The Balaban J connectivity index is 1.77. The van der Waals surface area contributed by atoms with Gasteiger partial charge in [-0.25, -0.2) is 4.79 Å². The molecule has 34 heavy (non-hydrogen) atoms. The van der Waals surface area contributed by atoms with Crippen molar-refractivity contribution in [3.8, 4) is 0 Å². The van der Waals surface area contributed by atoms with Gasteiger partial charge in [-0.05, 0) is 98.4 Å². The fraction of sp³-hybridized carbons (Fsp3) is 0.481. The predicted molar refractivity (Wildman–Crippen MR) is 137 cm³/mol. The smallest absolute Gasteiger partial charge is 0.465 e. The molecule has 0 radical (unpaired) electrons. The minimum absolute atomic E-state index is 0.237. The SMILES string of the molecule is CCC(C)/C(=C\c1c(B(O)O)ccnc1C)C(C)N1CCC(c2ccc(C(=O)OC)cc2)CC1. The van der Waals surface area contributed by atoms with Gasteiger partial charge >= 0.3 is 13.1 Å². The number of piperidine rings is 1. The Morgan fingerprint density at radius 2 is 1.85 bits per heavy atom. The number of rotatable bonds is 8. The second-order valence-electron chi connectivity index (χ2n) is 9.33. The average molecular weight is 464 g/mol. The van der Waals surface area contributed by atoms with Gasteiger partial charge in [-0.2, -0.15) is 0 Å². The van der Waals surface area contributed by atoms with Gasteiger partial charge in [-0.15, -0.1) is 0 Å². The third-order valence-corrected chi connectivity index (χ3v) is 7.36. The first kappa shape index (κ1) is 26.1. The standard InChI is InChI=1S/C27H37BN2O4/c1-6-18(2)24(17-25-19(3)29-14-11-26(25)28(32)33)20(4)30-15-12-22(13-16-30)21-7-9-23(10-8-21)27(31)34-5/h7-11,14,17-18,20,22,32-33H,6,12-13,15-16H2,1-5H3/b24-17+. The number of nitrogens with zero attached hydrogens (tertiary/aromatic N) is 2. The highest BCUT2D eigenvalue weighted by Crippen LogP contribution is 2.32. The molecule has 182 valence electrons. The van der Waals surface area contributed by atoms with Crippen molar-refractivity contribution >= 4 is 24.6 Å². The predicted octanol–water partition coefficient (Wildman–Crippen LogP) is 3.55. The first-order valence-electron chi connectivity index (χ1n) is 12.2. The Hall–Kier alpha value is -2.48. The molecule has 2 heterocycles. The van der Waals surface area contributed by atoms with E-state index in [9.17, 15) is 14.8 Å². The summed E-state index contributed by atoms with van der Waals surface area (Å²) in [6.45, 7) is 10.6. The van der Waals surface area contributed by atoms with Crippen LogP contribution in [0.2, 0.25) is 0 Å². The van der Waals surface area contributed by atoms with E-state index in [1.165, 1.54) is 18.2 Å². The number of carbonyl (C=O) groups is 1. The molecular formula is C27H37BN2O4. The van der Waals surface area contributed by atoms with E-state index in [1.807, 2.05) is 31.2 Å². The maximum absolute atomic E-state index is 11.7. The molecule has 1 aliphatic rings. The Bertz CT molecular complexity index is 998. The van der Waals surface area contributed by atoms with E-state index < -0.39 is 7.12 Å². The second kappa shape index (κ2) is 11.8. The van der Waals surface area contributed by atoms with Gasteiger partial charge in [0.2, 0.25) is 0 Å². The van der Waals surface area contributed by atoms with Crippen LogP contribution in [0.15, 0.2) is 42.1 Å². The van der Waals surface area contributed by atoms with Crippen molar-refractivity contribution in [1.29, 1.82) is 0 Å². The third kappa shape index (κ3) is 5.95. The number of benzene rings is 1. The van der Waals surface area contributed by atoms with Crippen molar-refractivity contribution < 1.29 is 19.6 Å². The van der Waals surface area contributed by atoms with Crippen LogP contribution in [0.1, 0.15) is 73.1 Å². The number of hydrogen-bond acceptors (Lipinski definition) is 6. The summed E-state index contributed by atoms with van der Waals surface area (Å²) in [6, 6.07) is 9.72. The van der Waals surface area contributed by atoms with E-state index in [-0.39, 0.29) is 12.0 Å². The molecule has 0 aliphatic carbocycles. The van der Waals surface area contributed by atoms with Gasteiger partial charge in [0.05, 0.1) is 12.7 Å². The van der Waals surface area contributed by atoms with Gasteiger partial charge in [-0.1, -0.05) is 32.1 Å². The molecule has 1 aromatic carbocycles. The minimum atomic E-state index is -1.53. The highest BCUT2D eigenvalue weighted by Gasteiger charge is 2.28. The van der Waals surface area contributed by atoms with Crippen LogP contribution < -0.4 is 5.46 Å². The highest BCUT2D eigenvalue weighted by atomic mass is 16.5. The van der Waals surface area contributed by atoms with E-state index in [2.05, 4.69) is 36.7 Å². The molecule has 0 spiro atoms. The zero-order valence-electron chi connectivity index (χ0n) is 21.0. The molecular weight excluding hydrogens is 427 g/mol. The van der Waals surface area contributed by atoms with Gasteiger partial charge in [-0.3, -0.25) is 9.88 Å². The van der Waals surface area contributed by atoms with E-state index in [4.69, 9.17) is 4.74 Å². The lowest BCUT2D eigenvalue weighted by Crippen LogP contribution is -2.41. The Morgan fingerprint density at radius 1 is 1.21 bits per heavy atom. The molecule has 0 amide bonds. The molecule has 0 bridgehead atoms. The van der Waals surface area contributed by atoms with Crippen molar-refractivity contribution in [2.24, 2.45) is 5.92 Å². The van der Waals surface area contributed by atoms with Crippen molar-refractivity contribution in [2.45, 2.75) is 58.9 Å². The number of hydrogen-bond donors (Lipinski definition) is 2. The Kier molecular flexibility index (Phi) is 9.06. The van der Waals surface area contributed by atoms with Crippen LogP contribution in [-0.4, -0.2) is 59.3 Å². The minimum Gasteiger partial charge on any atom is -0.465 e. The fourth-order valence-corrected chi connectivity index (χ4v) is 4.93. The maximum atomic E-state index is 11.7. The normalized spacial score (nSPS) is 17.3. The van der Waals surface area contributed by atoms with E-state index in [1.54, 1.807) is 12.3 Å². The van der Waals surface area contributed by atoms with Crippen LogP contribution in [0.25, 0.3) is 6.08 Å². The Morgan fingerprint density at radius 3 is 2.41 bits per heavy atom. The van der Waals surface area contributed by atoms with Crippen LogP contribution >= 0.6 is 0 Å². The van der Waals surface area contributed by atoms with Crippen molar-refractivity contribution in [2.75, 3.05) is 20.2 Å². The van der Waals surface area contributed by atoms with E-state index in [0.29, 0.717) is 22.9 Å². The first-order valence-corrected chi connectivity index (χ1v) is 12.2. The number of ether oxygens (including phenoxy) is 1. The molecule has 1 aromatic heterocycles. The third-order valence-electron chi connectivity index (χ3n) is 7.36. The second-order valence-corrected chi connectivity index (χ2v) is 9.33. The molecule has 7 heteroatoms. The lowest BCUT2D eigenvalue weighted by atomic mass is 9.75. The summed E-state index contributed by atoms with van der Waals surface area (Å²) in [6.07, 6.45) is 6.88. The molecule has 2 N–H and O–H groups in total. The van der Waals surface area contributed by atoms with Crippen LogP contribution in [0.3, 0.4) is 0 Å². The monoisotopic (exact) mass is 464 g/mol. The molecule has 0 saturated carbocycles. The van der Waals surface area contributed by atoms with Gasteiger partial charge in [0.25, 0.3) is 0 Å². The number of pyridine rings is 1. The first-order chi connectivity index (χ1) is 16.3. The zero-order chi connectivity index (χ0) is 24.8. The number of esters is 1. The molecule has 1 fully saturated rings. The topological polar surface area (TPSA) is 82.9 Å². The van der Waals surface area contributed by atoms with Gasteiger partial charge in [0, 0.05) is 17.9 Å². The average Bonchev–Trinajstić information content (AvgIpc) is 2.86. The van der Waals surface area contributed by atoms with Crippen molar-refractivity contribution in [3.63, 3.8) is 0 Å². The summed E-state index contributed by atoms with van der Waals surface area (Å²) in [5.41, 5.74) is 5.24. The van der Waals surface area contributed by atoms with Crippen LogP contribution in [0, 0.1) is 12.8 Å². The van der Waals surface area contributed by atoms with Crippen LogP contribution in [0.4, 0.5) is 0 Å². The molecule has 3 rings (SSSR count). The number of likely N-dealkylation sites (tertiary alicyclic amines) is 1. The van der Waals surface area contributed by atoms with Gasteiger partial charge in [0.1, 0.15) is 0 Å². The summed E-state index contributed by atoms with van der Waals surface area (Å²) >= 11 is 0. The summed E-state index contributed by atoms with van der Waals surface area (Å²) in [5.74, 6) is 0.532. The molecule has 2 atom stereocenters. The van der Waals surface area contributed by atoms with Gasteiger partial charge < -0.3 is 14.8 Å². The summed E-state index contributed by atoms with van der Waals surface area (Å²) < 4.78 is 4.80. The van der Waals surface area contributed by atoms with Gasteiger partial charge in [0.15, 0.2) is 0 Å². The largest absolute Gasteiger partial charge is 0.489 e. The molecule has 1 aliphatic heterocycles. The van der Waals surface area contributed by atoms with E-state index >= 15 is 0 Å². The molecule has 6 nitrogen and oxygen atoms in total. The lowest BCUT2D eigenvalue weighted by Gasteiger charge is -2.38. The van der Waals surface area contributed by atoms with E-state index in [0.717, 1.165) is 43.6 Å². The summed E-state index contributed by atoms with van der Waals surface area (Å²) in [7, 11) is -0.125. The number of aryl methyl sites for hydroxylation is 1. The van der Waals surface area contributed by atoms with Crippen molar-refractivity contribution in [1.82, 2.24) is 9.88 Å². The van der Waals surface area contributed by atoms with Crippen LogP contribution in [-0.2, 0) is 4.74 Å². The number of carbonyl (C=O) groups excluding carboxylic acids is 1. The highest BCUT2D eigenvalue weighted by molar-refractivity contribution is 6.59. The number of methoxy groups -OCH3 is 1. The summed E-state index contributed by atoms with van der Waals surface area (Å²) in [4.78, 5) is 18.6. The molecule has 1 saturated heterocycles. The quantitative estimate of drug-likeness (QED) is 0.459. The summed E-state index contributed by atoms with van der Waals surface area (Å²) in [5, 5.41) is 19.8. The van der Waals surface area contributed by atoms with Crippen LogP contribution in [0.5, 0.6) is 0 Å². The molecule has 2 aromatic rings. The lowest BCUT2D eigenvalue weighted by molar-refractivity contribution is 0.0600. The molecule has 2 unspecified atom stereocenters. The zero-order valence-corrected chi connectivity index (χ0v) is 21.0. The Labute approximate surface area is 203 Å². The van der Waals surface area contributed by atoms with Crippen molar-refractivity contribution in [3.05, 3.63) is 64.5 Å². The fourth-order valence-electron chi connectivity index (χ4n) is 4.93.